The maximum Gasteiger partial charge on any atom is 0.413 e. The van der Waals surface area contributed by atoms with Gasteiger partial charge in [-0.25, -0.2) is 4.79 Å². The molecule has 11 heteroatoms. The second-order valence-electron chi connectivity index (χ2n) is 11.7. The first-order valence-electron chi connectivity index (χ1n) is 15.9. The lowest BCUT2D eigenvalue weighted by Crippen LogP contribution is -2.31. The highest BCUT2D eigenvalue weighted by molar-refractivity contribution is 6.04. The number of esters is 2. The Balaban J connectivity index is 1.01. The molecular formula is C36H39N3O8. The van der Waals surface area contributed by atoms with E-state index in [1.165, 1.54) is 0 Å². The standard InChI is InChI=1S/C36H39N3O8/c37-33(39-36(43)45-21-24-7-3-1-4-8-24)27-13-11-25(12-14-27)26-15-17-31(18-16-26)44-22-30-19-29(34(41)38-30)20-32(40)46-23-47-35(42)28-9-5-2-6-10-28/h1,3-4,7-8,11-18,28-30H,2,5-6,9-10,19-23H2,(H,38,41)(H2,37,39,43)/t29-,30-/m0/s1. The molecule has 1 heterocycles. The van der Waals surface area contributed by atoms with E-state index in [-0.39, 0.29) is 49.3 Å². The fourth-order valence-electron chi connectivity index (χ4n) is 5.69. The number of carbonyl (C=O) groups excluding carboxylic acids is 4. The molecule has 2 fully saturated rings. The van der Waals surface area contributed by atoms with Crippen LogP contribution in [-0.2, 0) is 35.2 Å². The molecule has 2 aliphatic rings. The molecule has 11 nitrogen and oxygen atoms in total. The van der Waals surface area contributed by atoms with Gasteiger partial charge in [0.15, 0.2) is 0 Å². The van der Waals surface area contributed by atoms with E-state index in [9.17, 15) is 19.2 Å². The summed E-state index contributed by atoms with van der Waals surface area (Å²) in [5, 5.41) is 13.5. The number of ether oxygens (including phenoxy) is 4. The van der Waals surface area contributed by atoms with E-state index >= 15 is 0 Å². The van der Waals surface area contributed by atoms with Crippen molar-refractivity contribution >= 4 is 29.8 Å². The van der Waals surface area contributed by atoms with Crippen LogP contribution in [0.2, 0.25) is 0 Å². The van der Waals surface area contributed by atoms with Crippen LogP contribution in [0.15, 0.2) is 78.9 Å². The van der Waals surface area contributed by atoms with Crippen molar-refractivity contribution in [2.75, 3.05) is 13.4 Å². The number of nitrogens with one attached hydrogen (secondary N) is 3. The monoisotopic (exact) mass is 641 g/mol. The third-order valence-electron chi connectivity index (χ3n) is 8.31. The van der Waals surface area contributed by atoms with E-state index in [2.05, 4.69) is 10.6 Å². The zero-order valence-electron chi connectivity index (χ0n) is 26.1. The van der Waals surface area contributed by atoms with Gasteiger partial charge in [0.2, 0.25) is 12.7 Å². The number of amidine groups is 1. The molecule has 0 bridgehead atoms. The summed E-state index contributed by atoms with van der Waals surface area (Å²) in [4.78, 5) is 48.9. The smallest absolute Gasteiger partial charge is 0.413 e. The van der Waals surface area contributed by atoms with Crippen LogP contribution in [0.3, 0.4) is 0 Å². The Morgan fingerprint density at radius 2 is 1.51 bits per heavy atom. The van der Waals surface area contributed by atoms with Crippen LogP contribution in [0.5, 0.6) is 5.75 Å². The molecule has 3 aromatic rings. The van der Waals surface area contributed by atoms with Crippen LogP contribution in [0.4, 0.5) is 4.79 Å². The van der Waals surface area contributed by atoms with Gasteiger partial charge in [0, 0.05) is 5.56 Å². The van der Waals surface area contributed by atoms with Gasteiger partial charge in [-0.15, -0.1) is 0 Å². The minimum Gasteiger partial charge on any atom is -0.491 e. The zero-order valence-corrected chi connectivity index (χ0v) is 26.1. The predicted molar refractivity (Wildman–Crippen MR) is 172 cm³/mol. The first-order valence-corrected chi connectivity index (χ1v) is 15.9. The second-order valence-corrected chi connectivity index (χ2v) is 11.7. The van der Waals surface area contributed by atoms with Crippen LogP contribution < -0.4 is 15.4 Å². The molecule has 3 N–H and O–H groups in total. The Bertz CT molecular complexity index is 1540. The number of rotatable bonds is 12. The predicted octanol–water partition coefficient (Wildman–Crippen LogP) is 5.50. The van der Waals surface area contributed by atoms with Crippen LogP contribution in [-0.4, -0.2) is 49.2 Å². The highest BCUT2D eigenvalue weighted by atomic mass is 16.7. The van der Waals surface area contributed by atoms with Gasteiger partial charge in [0.05, 0.1) is 24.3 Å². The summed E-state index contributed by atoms with van der Waals surface area (Å²) in [6, 6.07) is 23.7. The number of carbonyl (C=O) groups is 4. The van der Waals surface area contributed by atoms with Gasteiger partial charge in [-0.05, 0) is 48.1 Å². The highest BCUT2D eigenvalue weighted by Crippen LogP contribution is 2.26. The summed E-state index contributed by atoms with van der Waals surface area (Å²) < 4.78 is 21.2. The molecule has 2 atom stereocenters. The maximum absolute atomic E-state index is 12.4. The van der Waals surface area contributed by atoms with Gasteiger partial charge < -0.3 is 24.3 Å². The zero-order chi connectivity index (χ0) is 33.0. The molecule has 47 heavy (non-hydrogen) atoms. The number of alkyl carbamates (subject to hydrolysis) is 1. The molecule has 0 aromatic heterocycles. The number of benzene rings is 3. The van der Waals surface area contributed by atoms with E-state index in [1.807, 2.05) is 66.7 Å². The SMILES string of the molecule is N=C(NC(=O)OCc1ccccc1)c1ccc(-c2ccc(OC[C@@H]3C[C@@H](CC(=O)OCOC(=O)C4CCCCC4)C(=O)N3)cc2)cc1. The fourth-order valence-corrected chi connectivity index (χ4v) is 5.69. The minimum atomic E-state index is -0.696. The van der Waals surface area contributed by atoms with E-state index in [0.29, 0.717) is 17.7 Å². The summed E-state index contributed by atoms with van der Waals surface area (Å²) in [6.45, 7) is -0.0680. The molecule has 246 valence electrons. The lowest BCUT2D eigenvalue weighted by molar-refractivity contribution is -0.171. The van der Waals surface area contributed by atoms with Crippen molar-refractivity contribution in [2.24, 2.45) is 11.8 Å². The third kappa shape index (κ3) is 9.90. The fraction of sp³-hybridized carbons (Fsp3) is 0.361. The second kappa shape index (κ2) is 16.4. The molecule has 0 radical (unpaired) electrons. The number of hydrogen-bond donors (Lipinski definition) is 3. The van der Waals surface area contributed by atoms with Crippen molar-refractivity contribution in [3.05, 3.63) is 90.0 Å². The average molecular weight is 642 g/mol. The molecule has 5 rings (SSSR count). The van der Waals surface area contributed by atoms with Gasteiger partial charge >= 0.3 is 18.0 Å². The molecule has 0 spiro atoms. The summed E-state index contributed by atoms with van der Waals surface area (Å²) >= 11 is 0. The number of hydrogen-bond acceptors (Lipinski definition) is 9. The van der Waals surface area contributed by atoms with Crippen molar-refractivity contribution in [3.63, 3.8) is 0 Å². The van der Waals surface area contributed by atoms with Gasteiger partial charge in [-0.3, -0.25) is 25.1 Å². The Morgan fingerprint density at radius 1 is 0.830 bits per heavy atom. The average Bonchev–Trinajstić information content (AvgIpc) is 3.45. The first-order chi connectivity index (χ1) is 22.8. The molecule has 1 aliphatic carbocycles. The lowest BCUT2D eigenvalue weighted by Gasteiger charge is -2.19. The van der Waals surface area contributed by atoms with Crippen LogP contribution in [0.1, 0.15) is 56.1 Å². The minimum absolute atomic E-state index is 0.0631. The van der Waals surface area contributed by atoms with Gasteiger partial charge in [0.25, 0.3) is 0 Å². The highest BCUT2D eigenvalue weighted by Gasteiger charge is 2.34. The summed E-state index contributed by atoms with van der Waals surface area (Å²) in [6.07, 6.45) is 4.39. The van der Waals surface area contributed by atoms with E-state index < -0.39 is 24.8 Å². The summed E-state index contributed by atoms with van der Waals surface area (Å²) in [7, 11) is 0. The molecular weight excluding hydrogens is 602 g/mol. The van der Waals surface area contributed by atoms with Gasteiger partial charge in [0.1, 0.15) is 24.8 Å². The molecule has 2 amide bonds. The van der Waals surface area contributed by atoms with Crippen LogP contribution in [0, 0.1) is 17.2 Å². The Morgan fingerprint density at radius 3 is 2.21 bits per heavy atom. The van der Waals surface area contributed by atoms with E-state index in [4.69, 9.17) is 24.4 Å². The molecule has 1 saturated heterocycles. The largest absolute Gasteiger partial charge is 0.491 e. The molecule has 0 unspecified atom stereocenters. The van der Waals surface area contributed by atoms with Gasteiger partial charge in [-0.1, -0.05) is 86.0 Å². The van der Waals surface area contributed by atoms with Crippen molar-refractivity contribution in [1.82, 2.24) is 10.6 Å². The Hall–Kier alpha value is -5.19. The Kier molecular flexibility index (Phi) is 11.6. The topological polar surface area (TPSA) is 153 Å². The van der Waals surface area contributed by atoms with Crippen molar-refractivity contribution in [3.8, 4) is 16.9 Å². The van der Waals surface area contributed by atoms with E-state index in [0.717, 1.165) is 48.8 Å². The normalized spacial score (nSPS) is 17.7. The number of amides is 2. The first kappa shape index (κ1) is 33.2. The molecule has 1 saturated carbocycles. The van der Waals surface area contributed by atoms with Crippen LogP contribution in [0.25, 0.3) is 11.1 Å². The maximum atomic E-state index is 12.4. The lowest BCUT2D eigenvalue weighted by atomic mass is 9.89. The summed E-state index contributed by atoms with van der Waals surface area (Å²) in [5.41, 5.74) is 3.24. The molecule has 3 aromatic carbocycles. The van der Waals surface area contributed by atoms with E-state index in [1.54, 1.807) is 12.1 Å². The quantitative estimate of drug-likeness (QED) is 0.101. The van der Waals surface area contributed by atoms with Crippen LogP contribution >= 0.6 is 0 Å². The van der Waals surface area contributed by atoms with Gasteiger partial charge in [-0.2, -0.15) is 0 Å². The third-order valence-corrected chi connectivity index (χ3v) is 8.31. The van der Waals surface area contributed by atoms with Crippen molar-refractivity contribution in [2.45, 2.75) is 57.6 Å². The Labute approximate surface area is 273 Å². The summed E-state index contributed by atoms with van der Waals surface area (Å²) in [5.74, 6) is -1.24. The van der Waals surface area contributed by atoms with Crippen molar-refractivity contribution in [1.29, 1.82) is 5.41 Å². The van der Waals surface area contributed by atoms with Crippen molar-refractivity contribution < 1.29 is 38.1 Å². The molecule has 1 aliphatic heterocycles.